The Labute approximate surface area is 181 Å². The normalized spacial score (nSPS) is 15.6. The number of nitrogens with two attached hydrogens (primary N) is 1. The van der Waals surface area contributed by atoms with E-state index in [1.807, 2.05) is 0 Å². The molecule has 168 valence electrons. The van der Waals surface area contributed by atoms with Crippen LogP contribution < -0.4 is 5.73 Å². The number of benzene rings is 2. The first-order chi connectivity index (χ1) is 14.5. The van der Waals surface area contributed by atoms with Crippen molar-refractivity contribution in [1.29, 1.82) is 0 Å². The van der Waals surface area contributed by atoms with Crippen molar-refractivity contribution in [3.63, 3.8) is 0 Å². The molecule has 1 aliphatic heterocycles. The molecule has 2 aromatic rings. The molecule has 0 radical (unpaired) electrons. The van der Waals surface area contributed by atoms with Crippen molar-refractivity contribution >= 4 is 33.4 Å². The van der Waals surface area contributed by atoms with Crippen LogP contribution >= 0.6 is 11.8 Å². The summed E-state index contributed by atoms with van der Waals surface area (Å²) in [7, 11) is -4.47. The lowest BCUT2D eigenvalue weighted by Crippen LogP contribution is -2.40. The number of nitrogens with zero attached hydrogens (tertiary/aromatic N) is 1. The predicted octanol–water partition coefficient (Wildman–Crippen LogP) is 3.77. The summed E-state index contributed by atoms with van der Waals surface area (Å²) in [6.07, 6.45) is -3.88. The zero-order valence-corrected chi connectivity index (χ0v) is 17.6. The third kappa shape index (κ3) is 5.32. The zero-order valence-electron chi connectivity index (χ0n) is 16.0. The van der Waals surface area contributed by atoms with Crippen molar-refractivity contribution in [2.45, 2.75) is 33.7 Å². The lowest BCUT2D eigenvalue weighted by Gasteiger charge is -2.24. The number of halogens is 3. The highest BCUT2D eigenvalue weighted by Crippen LogP contribution is 2.37. The predicted molar refractivity (Wildman–Crippen MR) is 106 cm³/mol. The lowest BCUT2D eigenvalue weighted by atomic mass is 10.00. The molecule has 1 aliphatic rings. The fourth-order valence-electron chi connectivity index (χ4n) is 2.94. The Morgan fingerprint density at radius 1 is 1.13 bits per heavy atom. The minimum atomic E-state index is -4.51. The van der Waals surface area contributed by atoms with E-state index in [1.54, 1.807) is 0 Å². The Hall–Kier alpha value is -2.28. The van der Waals surface area contributed by atoms with Gasteiger partial charge in [-0.15, -0.1) is 4.47 Å². The fourth-order valence-corrected chi connectivity index (χ4v) is 4.85. The SMILES string of the molecule is Nc1cc(C(F)(F)F)ccc1Sc1ccc(S(=O)(=O)N(O)C(=O)C2CCOCC2)cc1. The van der Waals surface area contributed by atoms with Crippen LogP contribution in [0.25, 0.3) is 0 Å². The molecule has 0 atom stereocenters. The largest absolute Gasteiger partial charge is 0.416 e. The number of hydrogen-bond acceptors (Lipinski definition) is 7. The second-order valence-corrected chi connectivity index (χ2v) is 9.68. The van der Waals surface area contributed by atoms with E-state index >= 15 is 0 Å². The van der Waals surface area contributed by atoms with E-state index < -0.39 is 33.6 Å². The third-order valence-electron chi connectivity index (χ3n) is 4.67. The maximum Gasteiger partial charge on any atom is 0.416 e. The van der Waals surface area contributed by atoms with Crippen LogP contribution in [0.5, 0.6) is 0 Å². The summed E-state index contributed by atoms with van der Waals surface area (Å²) >= 11 is 1.05. The maximum absolute atomic E-state index is 12.7. The van der Waals surface area contributed by atoms with Gasteiger partial charge in [-0.2, -0.15) is 21.6 Å². The summed E-state index contributed by atoms with van der Waals surface area (Å²) in [5, 5.41) is 10.0. The van der Waals surface area contributed by atoms with E-state index in [-0.39, 0.29) is 15.1 Å². The molecule has 1 heterocycles. The fraction of sp³-hybridized carbons (Fsp3) is 0.316. The first kappa shape index (κ1) is 23.4. The van der Waals surface area contributed by atoms with E-state index in [9.17, 15) is 31.6 Å². The first-order valence-corrected chi connectivity index (χ1v) is 11.4. The number of hydrogen-bond donors (Lipinski definition) is 2. The summed E-state index contributed by atoms with van der Waals surface area (Å²) in [5.74, 6) is -1.56. The molecule has 1 saturated heterocycles. The van der Waals surface area contributed by atoms with Gasteiger partial charge in [0.2, 0.25) is 0 Å². The standard InChI is InChI=1S/C19H19F3N2O5S2/c20-19(21,22)13-1-6-17(16(23)11-13)30-14-2-4-15(5-3-14)31(27,28)24(26)18(25)12-7-9-29-10-8-12/h1-6,11-12,26H,7-10,23H2. The molecule has 1 fully saturated rings. The third-order valence-corrected chi connectivity index (χ3v) is 7.28. The van der Waals surface area contributed by atoms with Crippen LogP contribution in [0.3, 0.4) is 0 Å². The summed E-state index contributed by atoms with van der Waals surface area (Å²) in [6.45, 7) is 0.618. The molecule has 0 saturated carbocycles. The molecule has 2 aromatic carbocycles. The highest BCUT2D eigenvalue weighted by Gasteiger charge is 2.34. The van der Waals surface area contributed by atoms with Crippen LogP contribution in [0.15, 0.2) is 57.2 Å². The Kier molecular flexibility index (Phi) is 6.84. The minimum absolute atomic E-state index is 0.0693. The summed E-state index contributed by atoms with van der Waals surface area (Å²) in [5.41, 5.74) is 4.77. The molecular weight excluding hydrogens is 457 g/mol. The van der Waals surface area contributed by atoms with Gasteiger partial charge >= 0.3 is 6.18 Å². The minimum Gasteiger partial charge on any atom is -0.398 e. The van der Waals surface area contributed by atoms with Gasteiger partial charge < -0.3 is 10.5 Å². The number of carbonyl (C=O) groups is 1. The zero-order chi connectivity index (χ0) is 22.8. The summed E-state index contributed by atoms with van der Waals surface area (Å²) < 4.78 is 68.3. The Morgan fingerprint density at radius 2 is 1.74 bits per heavy atom. The van der Waals surface area contributed by atoms with E-state index in [0.29, 0.717) is 35.8 Å². The smallest absolute Gasteiger partial charge is 0.398 e. The number of nitrogen functional groups attached to an aromatic ring is 1. The van der Waals surface area contributed by atoms with E-state index in [4.69, 9.17) is 10.5 Å². The Bertz CT molecular complexity index is 1050. The summed E-state index contributed by atoms with van der Waals surface area (Å²) in [6, 6.07) is 8.16. The highest BCUT2D eigenvalue weighted by atomic mass is 32.2. The Morgan fingerprint density at radius 3 is 2.29 bits per heavy atom. The molecule has 0 bridgehead atoms. The van der Waals surface area contributed by atoms with Crippen molar-refractivity contribution in [2.24, 2.45) is 5.92 Å². The number of anilines is 1. The van der Waals surface area contributed by atoms with Crippen LogP contribution in [-0.2, 0) is 25.7 Å². The van der Waals surface area contributed by atoms with Crippen molar-refractivity contribution in [1.82, 2.24) is 4.47 Å². The van der Waals surface area contributed by atoms with E-state index in [0.717, 1.165) is 23.9 Å². The monoisotopic (exact) mass is 476 g/mol. The topological polar surface area (TPSA) is 110 Å². The van der Waals surface area contributed by atoms with Gasteiger partial charge in [-0.3, -0.25) is 10.0 Å². The lowest BCUT2D eigenvalue weighted by molar-refractivity contribution is -0.153. The average molecular weight is 476 g/mol. The van der Waals surface area contributed by atoms with Crippen LogP contribution in [-0.4, -0.2) is 37.2 Å². The molecule has 0 aliphatic carbocycles. The number of sulfonamides is 1. The van der Waals surface area contributed by atoms with Gasteiger partial charge in [0.25, 0.3) is 15.9 Å². The molecule has 7 nitrogen and oxygen atoms in total. The number of carbonyl (C=O) groups excluding carboxylic acids is 1. The second-order valence-electron chi connectivity index (χ2n) is 6.80. The number of ether oxygens (including phenoxy) is 1. The van der Waals surface area contributed by atoms with Gasteiger partial charge in [-0.05, 0) is 55.3 Å². The van der Waals surface area contributed by atoms with Gasteiger partial charge in [0.05, 0.1) is 10.5 Å². The second kappa shape index (κ2) is 9.07. The molecule has 0 aromatic heterocycles. The van der Waals surface area contributed by atoms with Crippen molar-refractivity contribution < 1.29 is 36.3 Å². The molecular formula is C19H19F3N2O5S2. The van der Waals surface area contributed by atoms with Gasteiger partial charge in [0, 0.05) is 34.6 Å². The first-order valence-electron chi connectivity index (χ1n) is 9.10. The maximum atomic E-state index is 12.7. The highest BCUT2D eigenvalue weighted by molar-refractivity contribution is 7.99. The number of rotatable bonds is 5. The molecule has 31 heavy (non-hydrogen) atoms. The van der Waals surface area contributed by atoms with Crippen LogP contribution in [0, 0.1) is 5.92 Å². The van der Waals surface area contributed by atoms with Gasteiger partial charge in [-0.1, -0.05) is 11.8 Å². The van der Waals surface area contributed by atoms with Crippen LogP contribution in [0.1, 0.15) is 18.4 Å². The molecule has 3 rings (SSSR count). The molecule has 3 N–H and O–H groups in total. The molecule has 12 heteroatoms. The molecule has 0 spiro atoms. The van der Waals surface area contributed by atoms with Gasteiger partial charge in [0.15, 0.2) is 0 Å². The average Bonchev–Trinajstić information content (AvgIpc) is 2.74. The van der Waals surface area contributed by atoms with Crippen molar-refractivity contribution in [2.75, 3.05) is 18.9 Å². The molecule has 1 amide bonds. The van der Waals surface area contributed by atoms with Crippen LogP contribution in [0.2, 0.25) is 0 Å². The van der Waals surface area contributed by atoms with E-state index in [1.165, 1.54) is 30.3 Å². The number of hydroxylamine groups is 1. The van der Waals surface area contributed by atoms with Crippen molar-refractivity contribution in [3.05, 3.63) is 48.0 Å². The van der Waals surface area contributed by atoms with Crippen LogP contribution in [0.4, 0.5) is 18.9 Å². The van der Waals surface area contributed by atoms with Crippen molar-refractivity contribution in [3.8, 4) is 0 Å². The van der Waals surface area contributed by atoms with Gasteiger partial charge in [0.1, 0.15) is 0 Å². The quantitative estimate of drug-likeness (QED) is 0.384. The Balaban J connectivity index is 1.74. The summed E-state index contributed by atoms with van der Waals surface area (Å²) in [4.78, 5) is 12.9. The number of amides is 1. The van der Waals surface area contributed by atoms with Gasteiger partial charge in [-0.25, -0.2) is 0 Å². The number of alkyl halides is 3. The molecule has 0 unspecified atom stereocenters. The van der Waals surface area contributed by atoms with E-state index in [2.05, 4.69) is 0 Å².